The molecule has 2 aromatic heterocycles. The summed E-state index contributed by atoms with van der Waals surface area (Å²) in [6.45, 7) is 2.26. The summed E-state index contributed by atoms with van der Waals surface area (Å²) in [5, 5.41) is 4.14. The topological polar surface area (TPSA) is 46.8 Å². The first-order valence-corrected chi connectivity index (χ1v) is 9.78. The van der Waals surface area contributed by atoms with E-state index in [-0.39, 0.29) is 30.7 Å². The number of halogens is 7. The number of anilines is 1. The van der Waals surface area contributed by atoms with E-state index >= 15 is 0 Å². The molecule has 0 bridgehead atoms. The van der Waals surface area contributed by atoms with Crippen LogP contribution in [0.25, 0.3) is 0 Å². The lowest BCUT2D eigenvalue weighted by Gasteiger charge is -2.24. The minimum absolute atomic E-state index is 0.107. The smallest absolute Gasteiger partial charge is 0.331 e. The highest BCUT2D eigenvalue weighted by atomic mass is 79.9. The Kier molecular flexibility index (Phi) is 6.58. The van der Waals surface area contributed by atoms with Crippen molar-refractivity contribution in [2.75, 3.05) is 4.90 Å². The third kappa shape index (κ3) is 5.75. The molecule has 2 heterocycles. The van der Waals surface area contributed by atoms with Crippen molar-refractivity contribution in [2.45, 2.75) is 38.9 Å². The fourth-order valence-corrected chi connectivity index (χ4v) is 3.18. The molecule has 31 heavy (non-hydrogen) atoms. The Morgan fingerprint density at radius 2 is 1.52 bits per heavy atom. The van der Waals surface area contributed by atoms with Crippen LogP contribution in [-0.4, -0.2) is 19.7 Å². The minimum atomic E-state index is -4.92. The highest BCUT2D eigenvalue weighted by Crippen LogP contribution is 2.36. The molecular formula is C19H16BrF6N5. The molecule has 0 fully saturated rings. The normalized spacial score (nSPS) is 12.3. The molecule has 1 aromatic carbocycles. The van der Waals surface area contributed by atoms with E-state index in [9.17, 15) is 26.3 Å². The second kappa shape index (κ2) is 8.85. The average molecular weight is 508 g/mol. The van der Waals surface area contributed by atoms with E-state index in [1.165, 1.54) is 17.3 Å². The van der Waals surface area contributed by atoms with Gasteiger partial charge in [0.05, 0.1) is 27.8 Å². The maximum absolute atomic E-state index is 13.2. The molecular weight excluding hydrogens is 492 g/mol. The van der Waals surface area contributed by atoms with Gasteiger partial charge in [-0.25, -0.2) is 9.97 Å². The van der Waals surface area contributed by atoms with Gasteiger partial charge in [-0.05, 0) is 52.7 Å². The molecule has 0 atom stereocenters. The first-order chi connectivity index (χ1) is 14.5. The summed E-state index contributed by atoms with van der Waals surface area (Å²) in [6, 6.07) is 3.23. The van der Waals surface area contributed by atoms with Crippen molar-refractivity contribution < 1.29 is 26.3 Å². The number of aryl methyl sites for hydroxylation is 1. The number of nitrogens with zero attached hydrogens (tertiary/aromatic N) is 5. The van der Waals surface area contributed by atoms with Crippen LogP contribution in [0.3, 0.4) is 0 Å². The number of rotatable bonds is 6. The molecule has 0 amide bonds. The SMILES string of the molecule is CCn1nccc1CN(Cc1cc(C(F)(F)F)cc(C(F)(F)F)c1)c1ncc(Br)cn1. The van der Waals surface area contributed by atoms with Gasteiger partial charge in [0.1, 0.15) is 0 Å². The van der Waals surface area contributed by atoms with Gasteiger partial charge in [0.15, 0.2) is 0 Å². The van der Waals surface area contributed by atoms with Gasteiger partial charge in [0.2, 0.25) is 5.95 Å². The number of hydrogen-bond acceptors (Lipinski definition) is 4. The predicted octanol–water partition coefficient (Wildman–Crippen LogP) is 5.70. The third-order valence-corrected chi connectivity index (χ3v) is 4.78. The average Bonchev–Trinajstić information content (AvgIpc) is 3.14. The largest absolute Gasteiger partial charge is 0.416 e. The Bertz CT molecular complexity index is 997. The zero-order chi connectivity index (χ0) is 22.8. The molecule has 12 heteroatoms. The summed E-state index contributed by atoms with van der Waals surface area (Å²) in [5.41, 5.74) is -2.20. The van der Waals surface area contributed by atoms with Crippen molar-refractivity contribution in [3.05, 3.63) is 69.7 Å². The summed E-state index contributed by atoms with van der Waals surface area (Å²) >= 11 is 3.20. The Hall–Kier alpha value is -2.63. The van der Waals surface area contributed by atoms with Crippen molar-refractivity contribution in [2.24, 2.45) is 0 Å². The maximum Gasteiger partial charge on any atom is 0.416 e. The molecule has 5 nitrogen and oxygen atoms in total. The first-order valence-electron chi connectivity index (χ1n) is 8.99. The Morgan fingerprint density at radius 1 is 0.935 bits per heavy atom. The standard InChI is InChI=1S/C19H16BrF6N5/c1-2-31-16(3-4-29-31)11-30(17-27-8-15(20)9-28-17)10-12-5-13(18(21,22)23)7-14(6-12)19(24,25)26/h3-9H,2,10-11H2,1H3. The van der Waals surface area contributed by atoms with E-state index in [0.29, 0.717) is 28.8 Å². The molecule has 3 rings (SSSR count). The summed E-state index contributed by atoms with van der Waals surface area (Å²) < 4.78 is 81.6. The van der Waals surface area contributed by atoms with E-state index in [0.717, 1.165) is 0 Å². The van der Waals surface area contributed by atoms with Crippen LogP contribution in [0.4, 0.5) is 32.3 Å². The molecule has 0 radical (unpaired) electrons. The number of benzene rings is 1. The van der Waals surface area contributed by atoms with Gasteiger partial charge in [-0.15, -0.1) is 0 Å². The molecule has 0 unspecified atom stereocenters. The molecule has 0 spiro atoms. The molecule has 0 saturated heterocycles. The predicted molar refractivity (Wildman–Crippen MR) is 104 cm³/mol. The first kappa shape index (κ1) is 23.0. The summed E-state index contributed by atoms with van der Waals surface area (Å²) in [5.74, 6) is 0.151. The van der Waals surface area contributed by atoms with Crippen LogP contribution in [0.15, 0.2) is 47.3 Å². The lowest BCUT2D eigenvalue weighted by atomic mass is 10.0. The monoisotopic (exact) mass is 507 g/mol. The fraction of sp³-hybridized carbons (Fsp3) is 0.316. The summed E-state index contributed by atoms with van der Waals surface area (Å²) in [4.78, 5) is 9.79. The molecule has 0 aliphatic rings. The third-order valence-electron chi connectivity index (χ3n) is 4.37. The quantitative estimate of drug-likeness (QED) is 0.401. The van der Waals surface area contributed by atoms with Gasteiger partial charge in [-0.2, -0.15) is 31.4 Å². The maximum atomic E-state index is 13.2. The molecule has 0 aliphatic heterocycles. The van der Waals surface area contributed by atoms with E-state index in [1.807, 2.05) is 6.92 Å². The van der Waals surface area contributed by atoms with Crippen LogP contribution >= 0.6 is 15.9 Å². The minimum Gasteiger partial charge on any atom is -0.331 e. The molecule has 3 aromatic rings. The lowest BCUT2D eigenvalue weighted by molar-refractivity contribution is -0.143. The summed E-state index contributed by atoms with van der Waals surface area (Å²) in [6.07, 6.45) is -5.39. The van der Waals surface area contributed by atoms with Crippen molar-refractivity contribution >= 4 is 21.9 Å². The molecule has 0 N–H and O–H groups in total. The van der Waals surface area contributed by atoms with Gasteiger partial charge < -0.3 is 4.90 Å². The van der Waals surface area contributed by atoms with E-state index < -0.39 is 23.5 Å². The highest BCUT2D eigenvalue weighted by Gasteiger charge is 2.37. The summed E-state index contributed by atoms with van der Waals surface area (Å²) in [7, 11) is 0. The van der Waals surface area contributed by atoms with Crippen molar-refractivity contribution in [3.63, 3.8) is 0 Å². The van der Waals surface area contributed by atoms with Crippen LogP contribution in [0.1, 0.15) is 29.3 Å². The number of aromatic nitrogens is 4. The Balaban J connectivity index is 2.03. The lowest BCUT2D eigenvalue weighted by Crippen LogP contribution is -2.26. The van der Waals surface area contributed by atoms with Crippen LogP contribution < -0.4 is 4.90 Å². The highest BCUT2D eigenvalue weighted by molar-refractivity contribution is 9.10. The van der Waals surface area contributed by atoms with Crippen molar-refractivity contribution in [3.8, 4) is 0 Å². The Morgan fingerprint density at radius 3 is 2.03 bits per heavy atom. The van der Waals surface area contributed by atoms with Crippen LogP contribution in [0, 0.1) is 0 Å². The van der Waals surface area contributed by atoms with E-state index in [4.69, 9.17) is 0 Å². The molecule has 0 saturated carbocycles. The van der Waals surface area contributed by atoms with Gasteiger partial charge in [0, 0.05) is 31.7 Å². The van der Waals surface area contributed by atoms with Gasteiger partial charge in [0.25, 0.3) is 0 Å². The Labute approximate surface area is 181 Å². The van der Waals surface area contributed by atoms with Crippen LogP contribution in [-0.2, 0) is 32.0 Å². The fourth-order valence-electron chi connectivity index (χ4n) is 2.97. The van der Waals surface area contributed by atoms with Crippen molar-refractivity contribution in [1.29, 1.82) is 0 Å². The van der Waals surface area contributed by atoms with Crippen molar-refractivity contribution in [1.82, 2.24) is 19.7 Å². The van der Waals surface area contributed by atoms with Crippen LogP contribution in [0.5, 0.6) is 0 Å². The molecule has 0 aliphatic carbocycles. The molecule has 166 valence electrons. The van der Waals surface area contributed by atoms with Gasteiger partial charge in [-0.1, -0.05) is 0 Å². The van der Waals surface area contributed by atoms with Gasteiger partial charge >= 0.3 is 12.4 Å². The zero-order valence-corrected chi connectivity index (χ0v) is 17.6. The van der Waals surface area contributed by atoms with E-state index in [1.54, 1.807) is 16.9 Å². The zero-order valence-electron chi connectivity index (χ0n) is 16.0. The number of alkyl halides is 6. The second-order valence-electron chi connectivity index (χ2n) is 6.61. The van der Waals surface area contributed by atoms with Crippen LogP contribution in [0.2, 0.25) is 0 Å². The second-order valence-corrected chi connectivity index (χ2v) is 7.53. The number of hydrogen-bond donors (Lipinski definition) is 0. The van der Waals surface area contributed by atoms with E-state index in [2.05, 4.69) is 31.0 Å². The van der Waals surface area contributed by atoms with Gasteiger partial charge in [-0.3, -0.25) is 4.68 Å².